The first kappa shape index (κ1) is 14.1. The first-order chi connectivity index (χ1) is 9.08. The SMILES string of the molecule is Cc1cccc(C(C)NC(=O)CNCC2CC2)c1C. The van der Waals surface area contributed by atoms with E-state index >= 15 is 0 Å². The van der Waals surface area contributed by atoms with E-state index in [1.165, 1.54) is 29.5 Å². The maximum atomic E-state index is 11.9. The monoisotopic (exact) mass is 260 g/mol. The van der Waals surface area contributed by atoms with Crippen LogP contribution in [0.2, 0.25) is 0 Å². The molecule has 0 bridgehead atoms. The Bertz CT molecular complexity index is 452. The van der Waals surface area contributed by atoms with Crippen molar-refractivity contribution in [3.8, 4) is 0 Å². The molecule has 1 aromatic rings. The van der Waals surface area contributed by atoms with Crippen LogP contribution in [0.3, 0.4) is 0 Å². The van der Waals surface area contributed by atoms with Crippen LogP contribution in [0.25, 0.3) is 0 Å². The van der Waals surface area contributed by atoms with Gasteiger partial charge >= 0.3 is 0 Å². The van der Waals surface area contributed by atoms with Gasteiger partial charge in [0.25, 0.3) is 0 Å². The van der Waals surface area contributed by atoms with Gasteiger partial charge in [0.2, 0.25) is 5.91 Å². The predicted octanol–water partition coefficient (Wildman–Crippen LogP) is 2.48. The average molecular weight is 260 g/mol. The van der Waals surface area contributed by atoms with E-state index in [1.54, 1.807) is 0 Å². The Kier molecular flexibility index (Phi) is 4.59. The first-order valence-electron chi connectivity index (χ1n) is 7.14. The number of carbonyl (C=O) groups is 1. The topological polar surface area (TPSA) is 41.1 Å². The van der Waals surface area contributed by atoms with Gasteiger partial charge in [-0.15, -0.1) is 0 Å². The minimum atomic E-state index is 0.0649. The zero-order valence-corrected chi connectivity index (χ0v) is 12.1. The fourth-order valence-corrected chi connectivity index (χ4v) is 2.32. The number of hydrogen-bond acceptors (Lipinski definition) is 2. The fourth-order valence-electron chi connectivity index (χ4n) is 2.32. The van der Waals surface area contributed by atoms with Crippen LogP contribution in [-0.2, 0) is 4.79 Å². The second-order valence-corrected chi connectivity index (χ2v) is 5.65. The normalized spacial score (nSPS) is 16.2. The summed E-state index contributed by atoms with van der Waals surface area (Å²) >= 11 is 0. The molecule has 0 saturated heterocycles. The molecule has 0 aromatic heterocycles. The molecule has 104 valence electrons. The van der Waals surface area contributed by atoms with Crippen LogP contribution < -0.4 is 10.6 Å². The molecular formula is C16H24N2O. The third-order valence-electron chi connectivity index (χ3n) is 3.91. The van der Waals surface area contributed by atoms with Gasteiger partial charge in [-0.3, -0.25) is 4.79 Å². The molecule has 0 spiro atoms. The zero-order chi connectivity index (χ0) is 13.8. The van der Waals surface area contributed by atoms with Gasteiger partial charge in [-0.2, -0.15) is 0 Å². The molecule has 0 aliphatic heterocycles. The highest BCUT2D eigenvalue weighted by Crippen LogP contribution is 2.27. The largest absolute Gasteiger partial charge is 0.348 e. The Labute approximate surface area is 115 Å². The molecule has 1 aliphatic rings. The van der Waals surface area contributed by atoms with Gasteiger partial charge in [-0.05, 0) is 62.8 Å². The lowest BCUT2D eigenvalue weighted by atomic mass is 9.98. The number of carbonyl (C=O) groups excluding carboxylic acids is 1. The van der Waals surface area contributed by atoms with Gasteiger partial charge in [0.15, 0.2) is 0 Å². The summed E-state index contributed by atoms with van der Waals surface area (Å²) in [6.45, 7) is 7.65. The van der Waals surface area contributed by atoms with E-state index in [-0.39, 0.29) is 11.9 Å². The first-order valence-corrected chi connectivity index (χ1v) is 7.14. The van der Waals surface area contributed by atoms with Crippen molar-refractivity contribution in [2.45, 2.75) is 39.7 Å². The smallest absolute Gasteiger partial charge is 0.234 e. The lowest BCUT2D eigenvalue weighted by Crippen LogP contribution is -2.36. The van der Waals surface area contributed by atoms with Crippen LogP contribution in [0, 0.1) is 19.8 Å². The standard InChI is InChI=1S/C16H24N2O/c1-11-5-4-6-15(12(11)2)13(3)18-16(19)10-17-9-14-7-8-14/h4-6,13-14,17H,7-10H2,1-3H3,(H,18,19). The minimum Gasteiger partial charge on any atom is -0.348 e. The maximum absolute atomic E-state index is 11.9. The quantitative estimate of drug-likeness (QED) is 0.825. The van der Waals surface area contributed by atoms with E-state index in [0.29, 0.717) is 6.54 Å². The Morgan fingerprint density at radius 2 is 2.11 bits per heavy atom. The van der Waals surface area contributed by atoms with Crippen LogP contribution in [0.1, 0.15) is 42.5 Å². The molecule has 1 atom stereocenters. The summed E-state index contributed by atoms with van der Waals surface area (Å²) in [4.78, 5) is 11.9. The Hall–Kier alpha value is -1.35. The molecule has 2 N–H and O–H groups in total. The van der Waals surface area contributed by atoms with Gasteiger partial charge in [0.05, 0.1) is 12.6 Å². The molecule has 1 aliphatic carbocycles. The molecule has 3 heteroatoms. The van der Waals surface area contributed by atoms with Crippen LogP contribution in [0.15, 0.2) is 18.2 Å². The molecule has 0 heterocycles. The summed E-state index contributed by atoms with van der Waals surface area (Å²) in [5.74, 6) is 0.887. The molecule has 0 radical (unpaired) electrons. The van der Waals surface area contributed by atoms with Gasteiger partial charge in [0, 0.05) is 0 Å². The summed E-state index contributed by atoms with van der Waals surface area (Å²) in [7, 11) is 0. The predicted molar refractivity (Wildman–Crippen MR) is 78.1 cm³/mol. The molecule has 1 unspecified atom stereocenters. The van der Waals surface area contributed by atoms with Crippen molar-refractivity contribution in [2.24, 2.45) is 5.92 Å². The van der Waals surface area contributed by atoms with Gasteiger partial charge in [-0.1, -0.05) is 18.2 Å². The summed E-state index contributed by atoms with van der Waals surface area (Å²) < 4.78 is 0. The minimum absolute atomic E-state index is 0.0649. The molecule has 3 nitrogen and oxygen atoms in total. The number of nitrogens with one attached hydrogen (secondary N) is 2. The molecule has 1 amide bonds. The Morgan fingerprint density at radius 1 is 1.37 bits per heavy atom. The Balaban J connectivity index is 1.83. The third kappa shape index (κ3) is 4.06. The summed E-state index contributed by atoms with van der Waals surface area (Å²) in [5, 5.41) is 6.27. The Morgan fingerprint density at radius 3 is 2.79 bits per heavy atom. The van der Waals surface area contributed by atoms with Crippen molar-refractivity contribution in [1.29, 1.82) is 0 Å². The molecule has 1 fully saturated rings. The van der Waals surface area contributed by atoms with Crippen molar-refractivity contribution in [3.05, 3.63) is 34.9 Å². The van der Waals surface area contributed by atoms with Crippen LogP contribution >= 0.6 is 0 Å². The van der Waals surface area contributed by atoms with Crippen molar-refractivity contribution in [1.82, 2.24) is 10.6 Å². The number of rotatable bonds is 6. The molecular weight excluding hydrogens is 236 g/mol. The highest BCUT2D eigenvalue weighted by molar-refractivity contribution is 5.78. The van der Waals surface area contributed by atoms with Gasteiger partial charge in [-0.25, -0.2) is 0 Å². The number of benzene rings is 1. The number of hydrogen-bond donors (Lipinski definition) is 2. The van der Waals surface area contributed by atoms with E-state index in [9.17, 15) is 4.79 Å². The lowest BCUT2D eigenvalue weighted by Gasteiger charge is -2.18. The highest BCUT2D eigenvalue weighted by atomic mass is 16.1. The maximum Gasteiger partial charge on any atom is 0.234 e. The van der Waals surface area contributed by atoms with Crippen molar-refractivity contribution >= 4 is 5.91 Å². The van der Waals surface area contributed by atoms with E-state index in [2.05, 4.69) is 36.6 Å². The van der Waals surface area contributed by atoms with Crippen LogP contribution in [-0.4, -0.2) is 19.0 Å². The second kappa shape index (κ2) is 6.20. The molecule has 1 aromatic carbocycles. The van der Waals surface area contributed by atoms with E-state index in [0.717, 1.165) is 12.5 Å². The van der Waals surface area contributed by atoms with E-state index in [1.807, 2.05) is 13.0 Å². The number of aryl methyl sites for hydroxylation is 1. The van der Waals surface area contributed by atoms with Crippen molar-refractivity contribution in [2.75, 3.05) is 13.1 Å². The average Bonchev–Trinajstić information content (AvgIpc) is 3.16. The van der Waals surface area contributed by atoms with Crippen LogP contribution in [0.5, 0.6) is 0 Å². The van der Waals surface area contributed by atoms with Gasteiger partial charge in [0.1, 0.15) is 0 Å². The lowest BCUT2D eigenvalue weighted by molar-refractivity contribution is -0.120. The zero-order valence-electron chi connectivity index (χ0n) is 12.1. The van der Waals surface area contributed by atoms with E-state index in [4.69, 9.17) is 0 Å². The van der Waals surface area contributed by atoms with Crippen molar-refractivity contribution in [3.63, 3.8) is 0 Å². The molecule has 2 rings (SSSR count). The third-order valence-corrected chi connectivity index (χ3v) is 3.91. The fraction of sp³-hybridized carbons (Fsp3) is 0.562. The molecule has 19 heavy (non-hydrogen) atoms. The molecule has 1 saturated carbocycles. The summed E-state index contributed by atoms with van der Waals surface area (Å²) in [6, 6.07) is 6.30. The van der Waals surface area contributed by atoms with Crippen molar-refractivity contribution < 1.29 is 4.79 Å². The number of amides is 1. The van der Waals surface area contributed by atoms with Crippen LogP contribution in [0.4, 0.5) is 0 Å². The van der Waals surface area contributed by atoms with Gasteiger partial charge < -0.3 is 10.6 Å². The summed E-state index contributed by atoms with van der Waals surface area (Å²) in [6.07, 6.45) is 2.63. The second-order valence-electron chi connectivity index (χ2n) is 5.65. The highest BCUT2D eigenvalue weighted by Gasteiger charge is 2.20. The summed E-state index contributed by atoms with van der Waals surface area (Å²) in [5.41, 5.74) is 3.74. The van der Waals surface area contributed by atoms with E-state index < -0.39 is 0 Å².